The molecule has 6 nitrogen and oxygen atoms in total. The van der Waals surface area contributed by atoms with Crippen molar-refractivity contribution in [2.45, 2.75) is 43.9 Å². The molecule has 0 saturated carbocycles. The predicted octanol–water partition coefficient (Wildman–Crippen LogP) is 2.21. The van der Waals surface area contributed by atoms with Gasteiger partial charge in [-0.3, -0.25) is 9.59 Å². The lowest BCUT2D eigenvalue weighted by atomic mass is 9.96. The third-order valence-electron chi connectivity index (χ3n) is 5.21. The molecule has 3 atom stereocenters. The Labute approximate surface area is 175 Å². The van der Waals surface area contributed by atoms with E-state index in [9.17, 15) is 19.1 Å². The largest absolute Gasteiger partial charge is 0.394 e. The molecule has 0 unspecified atom stereocenters. The molecule has 0 aromatic heterocycles. The average Bonchev–Trinajstić information content (AvgIpc) is 2.76. The van der Waals surface area contributed by atoms with Crippen molar-refractivity contribution in [2.24, 2.45) is 0 Å². The second kappa shape index (κ2) is 10.8. The van der Waals surface area contributed by atoms with Gasteiger partial charge in [0.05, 0.1) is 25.2 Å². The van der Waals surface area contributed by atoms with E-state index in [2.05, 4.69) is 10.6 Å². The van der Waals surface area contributed by atoms with Gasteiger partial charge < -0.3 is 20.5 Å². The van der Waals surface area contributed by atoms with Gasteiger partial charge in [0.1, 0.15) is 11.9 Å². The highest BCUT2D eigenvalue weighted by molar-refractivity contribution is 5.94. The molecule has 0 bridgehead atoms. The van der Waals surface area contributed by atoms with Crippen LogP contribution in [0.15, 0.2) is 54.6 Å². The van der Waals surface area contributed by atoms with Crippen LogP contribution < -0.4 is 10.6 Å². The first kappa shape index (κ1) is 21.9. The second-order valence-electron chi connectivity index (χ2n) is 7.43. The summed E-state index contributed by atoms with van der Waals surface area (Å²) in [6.45, 7) is 0.288. The monoisotopic (exact) mass is 414 g/mol. The number of amides is 2. The first-order valence-electron chi connectivity index (χ1n) is 10.2. The summed E-state index contributed by atoms with van der Waals surface area (Å²) in [4.78, 5) is 24.6. The number of aliphatic hydroxyl groups excluding tert-OH is 1. The zero-order valence-corrected chi connectivity index (χ0v) is 16.7. The van der Waals surface area contributed by atoms with E-state index in [0.29, 0.717) is 24.9 Å². The SMILES string of the molecule is O=C(C[C@@H]1CC[C@H](NC(=O)c2ccc(F)cc2)[C@@H](CO)O1)NCCc1ccccc1. The van der Waals surface area contributed by atoms with Crippen LogP contribution in [0.5, 0.6) is 0 Å². The number of halogens is 1. The molecule has 0 radical (unpaired) electrons. The van der Waals surface area contributed by atoms with Crippen LogP contribution in [0.3, 0.4) is 0 Å². The Hall–Kier alpha value is -2.77. The van der Waals surface area contributed by atoms with Crippen LogP contribution >= 0.6 is 0 Å². The third-order valence-corrected chi connectivity index (χ3v) is 5.21. The van der Waals surface area contributed by atoms with Crippen LogP contribution in [0.4, 0.5) is 4.39 Å². The van der Waals surface area contributed by atoms with E-state index in [1.54, 1.807) is 0 Å². The maximum Gasteiger partial charge on any atom is 0.251 e. The van der Waals surface area contributed by atoms with Crippen LogP contribution in [0, 0.1) is 5.82 Å². The first-order valence-corrected chi connectivity index (χ1v) is 10.2. The molecule has 2 aromatic rings. The van der Waals surface area contributed by atoms with Gasteiger partial charge in [-0.1, -0.05) is 30.3 Å². The predicted molar refractivity (Wildman–Crippen MR) is 110 cm³/mol. The van der Waals surface area contributed by atoms with E-state index in [1.807, 2.05) is 30.3 Å². The van der Waals surface area contributed by atoms with Crippen LogP contribution in [0.25, 0.3) is 0 Å². The molecule has 30 heavy (non-hydrogen) atoms. The number of aliphatic hydroxyl groups is 1. The summed E-state index contributed by atoms with van der Waals surface area (Å²) in [5, 5.41) is 15.4. The van der Waals surface area contributed by atoms with E-state index >= 15 is 0 Å². The Kier molecular flexibility index (Phi) is 7.93. The first-order chi connectivity index (χ1) is 14.5. The highest BCUT2D eigenvalue weighted by Gasteiger charge is 2.33. The maximum atomic E-state index is 13.0. The van der Waals surface area contributed by atoms with E-state index < -0.39 is 11.9 Å². The van der Waals surface area contributed by atoms with Crippen molar-refractivity contribution in [2.75, 3.05) is 13.2 Å². The fraction of sp³-hybridized carbons (Fsp3) is 0.391. The normalized spacial score (nSPS) is 21.1. The van der Waals surface area contributed by atoms with E-state index in [-0.39, 0.29) is 37.0 Å². The topological polar surface area (TPSA) is 87.7 Å². The summed E-state index contributed by atoms with van der Waals surface area (Å²) in [6.07, 6.45) is 1.25. The molecular weight excluding hydrogens is 387 g/mol. The standard InChI is InChI=1S/C23H27FN2O4/c24-18-8-6-17(7-9-18)23(29)26-20-11-10-19(30-21(20)15-27)14-22(28)25-13-12-16-4-2-1-3-5-16/h1-9,19-21,27H,10-15H2,(H,25,28)(H,26,29)/t19-,20-,21+/m0/s1. The molecule has 3 N–H and O–H groups in total. The molecule has 0 spiro atoms. The molecule has 3 rings (SSSR count). The minimum absolute atomic E-state index is 0.0959. The number of benzene rings is 2. The summed E-state index contributed by atoms with van der Waals surface area (Å²) < 4.78 is 18.9. The van der Waals surface area contributed by atoms with Crippen molar-refractivity contribution < 1.29 is 23.8 Å². The zero-order chi connectivity index (χ0) is 21.3. The third kappa shape index (κ3) is 6.37. The molecule has 2 amide bonds. The Morgan fingerprint density at radius 2 is 1.80 bits per heavy atom. The highest BCUT2D eigenvalue weighted by atomic mass is 19.1. The van der Waals surface area contributed by atoms with Gasteiger partial charge in [-0.05, 0) is 49.1 Å². The maximum absolute atomic E-state index is 13.0. The van der Waals surface area contributed by atoms with Crippen molar-refractivity contribution >= 4 is 11.8 Å². The summed E-state index contributed by atoms with van der Waals surface area (Å²) >= 11 is 0. The number of carbonyl (C=O) groups excluding carboxylic acids is 2. The fourth-order valence-electron chi connectivity index (χ4n) is 3.57. The number of ether oxygens (including phenoxy) is 1. The van der Waals surface area contributed by atoms with Crippen LogP contribution in [-0.2, 0) is 16.0 Å². The van der Waals surface area contributed by atoms with Gasteiger partial charge in [0.25, 0.3) is 5.91 Å². The van der Waals surface area contributed by atoms with Gasteiger partial charge in [-0.15, -0.1) is 0 Å². The number of rotatable bonds is 8. The van der Waals surface area contributed by atoms with Gasteiger partial charge in [0.15, 0.2) is 0 Å². The minimum atomic E-state index is -0.592. The van der Waals surface area contributed by atoms with Crippen LogP contribution in [0.1, 0.15) is 35.2 Å². The molecule has 2 aromatic carbocycles. The smallest absolute Gasteiger partial charge is 0.251 e. The van der Waals surface area contributed by atoms with Gasteiger partial charge in [-0.25, -0.2) is 4.39 Å². The molecular formula is C23H27FN2O4. The number of carbonyl (C=O) groups is 2. The van der Waals surface area contributed by atoms with Crippen molar-refractivity contribution in [1.82, 2.24) is 10.6 Å². The van der Waals surface area contributed by atoms with Crippen LogP contribution in [0.2, 0.25) is 0 Å². The molecule has 160 valence electrons. The quantitative estimate of drug-likeness (QED) is 0.618. The summed E-state index contributed by atoms with van der Waals surface area (Å²) in [7, 11) is 0. The fourth-order valence-corrected chi connectivity index (χ4v) is 3.57. The van der Waals surface area contributed by atoms with Crippen molar-refractivity contribution in [3.8, 4) is 0 Å². The molecule has 1 aliphatic heterocycles. The lowest BCUT2D eigenvalue weighted by Gasteiger charge is -2.36. The van der Waals surface area contributed by atoms with Gasteiger partial charge in [-0.2, -0.15) is 0 Å². The number of nitrogens with one attached hydrogen (secondary N) is 2. The van der Waals surface area contributed by atoms with E-state index in [4.69, 9.17) is 4.74 Å². The Bertz CT molecular complexity index is 829. The molecule has 1 saturated heterocycles. The summed E-state index contributed by atoms with van der Waals surface area (Å²) in [6, 6.07) is 14.8. The van der Waals surface area contributed by atoms with Crippen molar-refractivity contribution in [3.05, 3.63) is 71.5 Å². The Balaban J connectivity index is 1.43. The van der Waals surface area contributed by atoms with E-state index in [0.717, 1.165) is 12.0 Å². The molecule has 1 heterocycles. The lowest BCUT2D eigenvalue weighted by molar-refractivity contribution is -0.130. The minimum Gasteiger partial charge on any atom is -0.394 e. The molecule has 1 fully saturated rings. The number of hydrogen-bond donors (Lipinski definition) is 3. The highest BCUT2D eigenvalue weighted by Crippen LogP contribution is 2.22. The van der Waals surface area contributed by atoms with Crippen LogP contribution in [-0.4, -0.2) is 48.3 Å². The van der Waals surface area contributed by atoms with Crippen molar-refractivity contribution in [1.29, 1.82) is 0 Å². The molecule has 0 aliphatic carbocycles. The Morgan fingerprint density at radius 1 is 1.07 bits per heavy atom. The van der Waals surface area contributed by atoms with Crippen molar-refractivity contribution in [3.63, 3.8) is 0 Å². The van der Waals surface area contributed by atoms with Gasteiger partial charge in [0, 0.05) is 12.1 Å². The summed E-state index contributed by atoms with van der Waals surface area (Å²) in [5.74, 6) is -0.855. The lowest BCUT2D eigenvalue weighted by Crippen LogP contribution is -2.51. The molecule has 1 aliphatic rings. The number of hydrogen-bond acceptors (Lipinski definition) is 4. The zero-order valence-electron chi connectivity index (χ0n) is 16.7. The summed E-state index contributed by atoms with van der Waals surface area (Å²) in [5.41, 5.74) is 1.50. The van der Waals surface area contributed by atoms with E-state index in [1.165, 1.54) is 24.3 Å². The Morgan fingerprint density at radius 3 is 2.50 bits per heavy atom. The second-order valence-corrected chi connectivity index (χ2v) is 7.43. The average molecular weight is 414 g/mol. The molecule has 7 heteroatoms. The van der Waals surface area contributed by atoms with Gasteiger partial charge in [0.2, 0.25) is 5.91 Å². The van der Waals surface area contributed by atoms with Gasteiger partial charge >= 0.3 is 0 Å².